The third-order valence-electron chi connectivity index (χ3n) is 3.80. The zero-order chi connectivity index (χ0) is 12.8. The molecule has 3 unspecified atom stereocenters. The standard InChI is InChI=1S/C14H29NO2/c1-11(2)14(17)10-15-8-6-4-5-7-13(15)9-12(3)16/h11-14,16-17H,4-10H2,1-3H3. The van der Waals surface area contributed by atoms with Crippen LogP contribution >= 0.6 is 0 Å². The van der Waals surface area contributed by atoms with Gasteiger partial charge in [-0.25, -0.2) is 0 Å². The van der Waals surface area contributed by atoms with Gasteiger partial charge in [-0.2, -0.15) is 0 Å². The van der Waals surface area contributed by atoms with Crippen LogP contribution in [0.3, 0.4) is 0 Å². The van der Waals surface area contributed by atoms with Crippen LogP contribution in [0.5, 0.6) is 0 Å². The second kappa shape index (κ2) is 7.34. The summed E-state index contributed by atoms with van der Waals surface area (Å²) in [5.74, 6) is 0.311. The first-order chi connectivity index (χ1) is 8.00. The molecule has 3 nitrogen and oxygen atoms in total. The zero-order valence-electron chi connectivity index (χ0n) is 11.6. The summed E-state index contributed by atoms with van der Waals surface area (Å²) in [7, 11) is 0. The molecule has 0 aromatic rings. The third kappa shape index (κ3) is 5.36. The molecule has 17 heavy (non-hydrogen) atoms. The SMILES string of the molecule is CC(O)CC1CCCCCN1CC(O)C(C)C. The zero-order valence-corrected chi connectivity index (χ0v) is 11.6. The molecule has 102 valence electrons. The van der Waals surface area contributed by atoms with Crippen LogP contribution in [-0.2, 0) is 0 Å². The van der Waals surface area contributed by atoms with Crippen LogP contribution in [0.15, 0.2) is 0 Å². The quantitative estimate of drug-likeness (QED) is 0.776. The molecule has 1 rings (SSSR count). The van der Waals surface area contributed by atoms with Crippen molar-refractivity contribution in [2.75, 3.05) is 13.1 Å². The van der Waals surface area contributed by atoms with E-state index >= 15 is 0 Å². The monoisotopic (exact) mass is 243 g/mol. The molecule has 0 bridgehead atoms. The summed E-state index contributed by atoms with van der Waals surface area (Å²) in [4.78, 5) is 2.39. The summed E-state index contributed by atoms with van der Waals surface area (Å²) in [5, 5.41) is 19.6. The van der Waals surface area contributed by atoms with Crippen molar-refractivity contribution in [3.8, 4) is 0 Å². The largest absolute Gasteiger partial charge is 0.393 e. The van der Waals surface area contributed by atoms with Gasteiger partial charge in [0.1, 0.15) is 0 Å². The molecule has 2 N–H and O–H groups in total. The first kappa shape index (κ1) is 14.9. The Morgan fingerprint density at radius 3 is 2.41 bits per heavy atom. The molecule has 1 aliphatic heterocycles. The molecule has 0 saturated carbocycles. The second-order valence-electron chi connectivity index (χ2n) is 5.89. The lowest BCUT2D eigenvalue weighted by molar-refractivity contribution is 0.0431. The molecule has 1 fully saturated rings. The predicted molar refractivity (Wildman–Crippen MR) is 71.0 cm³/mol. The fraction of sp³-hybridized carbons (Fsp3) is 1.00. The lowest BCUT2D eigenvalue weighted by Crippen LogP contribution is -2.43. The highest BCUT2D eigenvalue weighted by atomic mass is 16.3. The molecular formula is C14H29NO2. The smallest absolute Gasteiger partial charge is 0.0690 e. The van der Waals surface area contributed by atoms with Crippen LogP contribution in [0, 0.1) is 5.92 Å². The topological polar surface area (TPSA) is 43.7 Å². The molecule has 0 radical (unpaired) electrons. The van der Waals surface area contributed by atoms with E-state index in [-0.39, 0.29) is 12.2 Å². The Bertz CT molecular complexity index is 206. The van der Waals surface area contributed by atoms with Crippen molar-refractivity contribution >= 4 is 0 Å². The van der Waals surface area contributed by atoms with Crippen molar-refractivity contribution in [1.29, 1.82) is 0 Å². The number of β-amino-alcohol motifs (C(OH)–C–C–N with tert-alkyl or cyclic N) is 1. The Morgan fingerprint density at radius 2 is 1.82 bits per heavy atom. The van der Waals surface area contributed by atoms with Gasteiger partial charge in [0.15, 0.2) is 0 Å². The van der Waals surface area contributed by atoms with Gasteiger partial charge in [0.25, 0.3) is 0 Å². The molecule has 3 heteroatoms. The maximum absolute atomic E-state index is 10.0. The molecule has 1 saturated heterocycles. The Balaban J connectivity index is 2.55. The first-order valence-electron chi connectivity index (χ1n) is 7.11. The van der Waals surface area contributed by atoms with Gasteiger partial charge in [0.05, 0.1) is 12.2 Å². The van der Waals surface area contributed by atoms with Gasteiger partial charge in [-0.1, -0.05) is 26.7 Å². The number of nitrogens with zero attached hydrogens (tertiary/aromatic N) is 1. The Morgan fingerprint density at radius 1 is 1.12 bits per heavy atom. The van der Waals surface area contributed by atoms with Crippen molar-refractivity contribution in [2.24, 2.45) is 5.92 Å². The van der Waals surface area contributed by atoms with E-state index in [2.05, 4.69) is 18.7 Å². The number of hydrogen-bond acceptors (Lipinski definition) is 3. The van der Waals surface area contributed by atoms with Crippen molar-refractivity contribution in [3.63, 3.8) is 0 Å². The van der Waals surface area contributed by atoms with Gasteiger partial charge in [-0.05, 0) is 38.6 Å². The van der Waals surface area contributed by atoms with E-state index in [9.17, 15) is 10.2 Å². The third-order valence-corrected chi connectivity index (χ3v) is 3.80. The number of likely N-dealkylation sites (tertiary alicyclic amines) is 1. The summed E-state index contributed by atoms with van der Waals surface area (Å²) in [6.45, 7) is 7.82. The number of rotatable bonds is 5. The lowest BCUT2D eigenvalue weighted by Gasteiger charge is -2.33. The normalized spacial score (nSPS) is 26.8. The molecule has 1 heterocycles. The molecule has 0 aliphatic carbocycles. The van der Waals surface area contributed by atoms with E-state index in [1.165, 1.54) is 19.3 Å². The minimum absolute atomic E-state index is 0.239. The minimum atomic E-state index is -0.246. The molecule has 3 atom stereocenters. The lowest BCUT2D eigenvalue weighted by atomic mass is 10.0. The van der Waals surface area contributed by atoms with Crippen molar-refractivity contribution in [1.82, 2.24) is 4.90 Å². The van der Waals surface area contributed by atoms with Gasteiger partial charge in [0, 0.05) is 12.6 Å². The second-order valence-corrected chi connectivity index (χ2v) is 5.89. The van der Waals surface area contributed by atoms with Crippen LogP contribution in [0.1, 0.15) is 52.9 Å². The van der Waals surface area contributed by atoms with Gasteiger partial charge >= 0.3 is 0 Å². The fourth-order valence-electron chi connectivity index (χ4n) is 2.59. The molecule has 1 aliphatic rings. The average Bonchev–Trinajstić information content (AvgIpc) is 2.43. The molecule has 0 spiro atoms. The van der Waals surface area contributed by atoms with Crippen LogP contribution in [0.4, 0.5) is 0 Å². The maximum Gasteiger partial charge on any atom is 0.0690 e. The van der Waals surface area contributed by atoms with Crippen LogP contribution in [0.25, 0.3) is 0 Å². The van der Waals surface area contributed by atoms with Gasteiger partial charge in [-0.15, -0.1) is 0 Å². The molecule has 0 aromatic heterocycles. The minimum Gasteiger partial charge on any atom is -0.393 e. The highest BCUT2D eigenvalue weighted by Gasteiger charge is 2.24. The maximum atomic E-state index is 10.0. The van der Waals surface area contributed by atoms with Crippen LogP contribution in [-0.4, -0.2) is 46.5 Å². The summed E-state index contributed by atoms with van der Waals surface area (Å²) in [6, 6.07) is 0.450. The summed E-state index contributed by atoms with van der Waals surface area (Å²) in [5.41, 5.74) is 0. The Labute approximate surface area is 106 Å². The van der Waals surface area contributed by atoms with E-state index in [4.69, 9.17) is 0 Å². The number of aliphatic hydroxyl groups excluding tert-OH is 2. The predicted octanol–water partition coefficient (Wildman–Crippen LogP) is 2.02. The number of hydrogen-bond donors (Lipinski definition) is 2. The van der Waals surface area contributed by atoms with Gasteiger partial charge in [-0.3, -0.25) is 4.90 Å². The summed E-state index contributed by atoms with van der Waals surface area (Å²) in [6.07, 6.45) is 5.28. The van der Waals surface area contributed by atoms with E-state index in [1.807, 2.05) is 6.92 Å². The molecule has 0 aromatic carbocycles. The Kier molecular flexibility index (Phi) is 6.45. The van der Waals surface area contributed by atoms with E-state index in [1.54, 1.807) is 0 Å². The summed E-state index contributed by atoms with van der Waals surface area (Å²) < 4.78 is 0. The van der Waals surface area contributed by atoms with E-state index in [0.29, 0.717) is 12.0 Å². The van der Waals surface area contributed by atoms with Crippen LogP contribution < -0.4 is 0 Å². The van der Waals surface area contributed by atoms with Gasteiger partial charge < -0.3 is 10.2 Å². The number of aliphatic hydroxyl groups is 2. The van der Waals surface area contributed by atoms with Crippen molar-refractivity contribution in [2.45, 2.75) is 71.1 Å². The van der Waals surface area contributed by atoms with Gasteiger partial charge in [0.2, 0.25) is 0 Å². The highest BCUT2D eigenvalue weighted by molar-refractivity contribution is 4.79. The molecule has 0 amide bonds. The first-order valence-corrected chi connectivity index (χ1v) is 7.11. The van der Waals surface area contributed by atoms with Crippen LogP contribution in [0.2, 0.25) is 0 Å². The Hall–Kier alpha value is -0.120. The van der Waals surface area contributed by atoms with E-state index < -0.39 is 0 Å². The van der Waals surface area contributed by atoms with Crippen molar-refractivity contribution < 1.29 is 10.2 Å². The molecular weight excluding hydrogens is 214 g/mol. The summed E-state index contributed by atoms with van der Waals surface area (Å²) >= 11 is 0. The van der Waals surface area contributed by atoms with Crippen molar-refractivity contribution in [3.05, 3.63) is 0 Å². The highest BCUT2D eigenvalue weighted by Crippen LogP contribution is 2.21. The average molecular weight is 243 g/mol. The van der Waals surface area contributed by atoms with E-state index in [0.717, 1.165) is 25.9 Å². The fourth-order valence-corrected chi connectivity index (χ4v) is 2.59.